The molecule has 1 saturated carbocycles. The second-order valence-electron chi connectivity index (χ2n) is 5.86. The van der Waals surface area contributed by atoms with Crippen LogP contribution in [0.1, 0.15) is 45.4 Å². The zero-order valence-corrected chi connectivity index (χ0v) is 12.4. The maximum Gasteiger partial charge on any atom is 0.317 e. The molecule has 0 aromatic rings. The standard InChI is InChI=1S/C14H26N2O4/c1-11(17)6-9-16(2)13(20)15-10-14(12(18)19)7-4-3-5-8-14/h11,17H,3-10H2,1-2H3,(H,15,20)(H,18,19). The third-order valence-electron chi connectivity index (χ3n) is 4.07. The SMILES string of the molecule is CC(O)CCN(C)C(=O)NCC1(C(=O)O)CCCCC1. The average Bonchev–Trinajstić information content (AvgIpc) is 2.42. The summed E-state index contributed by atoms with van der Waals surface area (Å²) in [6.07, 6.45) is 4.18. The highest BCUT2D eigenvalue weighted by molar-refractivity contribution is 5.78. The molecule has 0 aliphatic heterocycles. The van der Waals surface area contributed by atoms with Gasteiger partial charge in [-0.3, -0.25) is 4.79 Å². The van der Waals surface area contributed by atoms with Gasteiger partial charge in [0.25, 0.3) is 0 Å². The van der Waals surface area contributed by atoms with E-state index >= 15 is 0 Å². The Labute approximate surface area is 120 Å². The molecule has 116 valence electrons. The van der Waals surface area contributed by atoms with E-state index in [1.807, 2.05) is 0 Å². The van der Waals surface area contributed by atoms with Gasteiger partial charge in [-0.15, -0.1) is 0 Å². The van der Waals surface area contributed by atoms with Crippen LogP contribution in [-0.4, -0.2) is 53.4 Å². The number of amides is 2. The van der Waals surface area contributed by atoms with Gasteiger partial charge >= 0.3 is 12.0 Å². The van der Waals surface area contributed by atoms with E-state index in [0.29, 0.717) is 25.8 Å². The smallest absolute Gasteiger partial charge is 0.317 e. The number of carboxylic acid groups (broad SMARTS) is 1. The van der Waals surface area contributed by atoms with Gasteiger partial charge in [-0.2, -0.15) is 0 Å². The first-order chi connectivity index (χ1) is 9.37. The Kier molecular flexibility index (Phi) is 6.26. The van der Waals surface area contributed by atoms with Gasteiger partial charge in [-0.25, -0.2) is 4.79 Å². The zero-order valence-electron chi connectivity index (χ0n) is 12.4. The van der Waals surface area contributed by atoms with Crippen molar-refractivity contribution in [1.29, 1.82) is 0 Å². The lowest BCUT2D eigenvalue weighted by Gasteiger charge is -2.33. The molecule has 2 amide bonds. The molecule has 0 heterocycles. The Morgan fingerprint density at radius 1 is 1.30 bits per heavy atom. The number of rotatable bonds is 6. The van der Waals surface area contributed by atoms with Crippen molar-refractivity contribution in [2.45, 2.75) is 51.6 Å². The van der Waals surface area contributed by atoms with Gasteiger partial charge in [0, 0.05) is 20.1 Å². The van der Waals surface area contributed by atoms with Crippen LogP contribution < -0.4 is 5.32 Å². The molecule has 0 radical (unpaired) electrons. The van der Waals surface area contributed by atoms with Crippen molar-refractivity contribution >= 4 is 12.0 Å². The van der Waals surface area contributed by atoms with Crippen LogP contribution in [0.15, 0.2) is 0 Å². The molecule has 1 unspecified atom stereocenters. The molecule has 0 saturated heterocycles. The highest BCUT2D eigenvalue weighted by Gasteiger charge is 2.39. The fraction of sp³-hybridized carbons (Fsp3) is 0.857. The molecular weight excluding hydrogens is 260 g/mol. The summed E-state index contributed by atoms with van der Waals surface area (Å²) in [4.78, 5) is 24.9. The summed E-state index contributed by atoms with van der Waals surface area (Å²) < 4.78 is 0. The van der Waals surface area contributed by atoms with Gasteiger partial charge < -0.3 is 20.4 Å². The normalized spacial score (nSPS) is 19.1. The lowest BCUT2D eigenvalue weighted by atomic mass is 9.74. The number of carboxylic acids is 1. The predicted octanol–water partition coefficient (Wildman–Crippen LogP) is 1.43. The third-order valence-corrected chi connectivity index (χ3v) is 4.07. The van der Waals surface area contributed by atoms with Gasteiger partial charge in [-0.05, 0) is 26.2 Å². The first kappa shape index (κ1) is 16.8. The van der Waals surface area contributed by atoms with Crippen LogP contribution >= 0.6 is 0 Å². The van der Waals surface area contributed by atoms with Crippen molar-refractivity contribution in [3.05, 3.63) is 0 Å². The Bertz CT molecular complexity index is 338. The zero-order chi connectivity index (χ0) is 15.2. The van der Waals surface area contributed by atoms with E-state index in [-0.39, 0.29) is 12.6 Å². The lowest BCUT2D eigenvalue weighted by molar-refractivity contribution is -0.150. The van der Waals surface area contributed by atoms with E-state index in [2.05, 4.69) is 5.32 Å². The predicted molar refractivity (Wildman–Crippen MR) is 75.5 cm³/mol. The number of nitrogens with zero attached hydrogens (tertiary/aromatic N) is 1. The van der Waals surface area contributed by atoms with Gasteiger partial charge in [0.15, 0.2) is 0 Å². The Hall–Kier alpha value is -1.30. The fourth-order valence-corrected chi connectivity index (χ4v) is 2.56. The topological polar surface area (TPSA) is 89.9 Å². The highest BCUT2D eigenvalue weighted by atomic mass is 16.4. The second-order valence-corrected chi connectivity index (χ2v) is 5.86. The van der Waals surface area contributed by atoms with Gasteiger partial charge in [0.2, 0.25) is 0 Å². The number of hydrogen-bond donors (Lipinski definition) is 3. The quantitative estimate of drug-likeness (QED) is 0.689. The molecule has 0 aromatic carbocycles. The molecule has 0 aromatic heterocycles. The van der Waals surface area contributed by atoms with E-state index in [4.69, 9.17) is 0 Å². The molecule has 1 aliphatic carbocycles. The Morgan fingerprint density at radius 3 is 2.40 bits per heavy atom. The first-order valence-electron chi connectivity index (χ1n) is 7.28. The first-order valence-corrected chi connectivity index (χ1v) is 7.28. The summed E-state index contributed by atoms with van der Waals surface area (Å²) in [5.74, 6) is -0.816. The number of nitrogens with one attached hydrogen (secondary N) is 1. The number of carbonyl (C=O) groups is 2. The monoisotopic (exact) mass is 286 g/mol. The van der Waals surface area contributed by atoms with Crippen molar-refractivity contribution in [2.75, 3.05) is 20.1 Å². The summed E-state index contributed by atoms with van der Waals surface area (Å²) >= 11 is 0. The van der Waals surface area contributed by atoms with Crippen molar-refractivity contribution in [3.63, 3.8) is 0 Å². The fourth-order valence-electron chi connectivity index (χ4n) is 2.56. The van der Waals surface area contributed by atoms with E-state index in [1.54, 1.807) is 14.0 Å². The number of aliphatic hydroxyl groups is 1. The van der Waals surface area contributed by atoms with E-state index in [0.717, 1.165) is 19.3 Å². The molecule has 1 rings (SSSR count). The molecule has 0 bridgehead atoms. The molecule has 1 atom stereocenters. The van der Waals surface area contributed by atoms with Crippen LogP contribution in [-0.2, 0) is 4.79 Å². The number of carbonyl (C=O) groups excluding carboxylic acids is 1. The summed E-state index contributed by atoms with van der Waals surface area (Å²) in [7, 11) is 1.64. The maximum absolute atomic E-state index is 11.9. The number of urea groups is 1. The second kappa shape index (κ2) is 7.47. The van der Waals surface area contributed by atoms with Crippen molar-refractivity contribution in [3.8, 4) is 0 Å². The molecule has 6 heteroatoms. The minimum absolute atomic E-state index is 0.181. The summed E-state index contributed by atoms with van der Waals surface area (Å²) in [6.45, 7) is 2.30. The van der Waals surface area contributed by atoms with Crippen LogP contribution in [0, 0.1) is 5.41 Å². The Morgan fingerprint density at radius 2 is 1.90 bits per heavy atom. The largest absolute Gasteiger partial charge is 0.481 e. The number of aliphatic hydroxyl groups excluding tert-OH is 1. The highest BCUT2D eigenvalue weighted by Crippen LogP contribution is 2.36. The van der Waals surface area contributed by atoms with Crippen LogP contribution in [0.4, 0.5) is 4.79 Å². The number of aliphatic carboxylic acids is 1. The summed E-state index contributed by atoms with van der Waals surface area (Å²) in [5, 5.41) is 21.3. The van der Waals surface area contributed by atoms with Gasteiger partial charge in [-0.1, -0.05) is 19.3 Å². The number of hydrogen-bond acceptors (Lipinski definition) is 3. The van der Waals surface area contributed by atoms with Crippen LogP contribution in [0.5, 0.6) is 0 Å². The summed E-state index contributed by atoms with van der Waals surface area (Å²) in [5.41, 5.74) is -0.807. The van der Waals surface area contributed by atoms with E-state index < -0.39 is 17.5 Å². The third kappa shape index (κ3) is 4.67. The molecule has 1 fully saturated rings. The van der Waals surface area contributed by atoms with Crippen molar-refractivity contribution < 1.29 is 19.8 Å². The van der Waals surface area contributed by atoms with Crippen molar-refractivity contribution in [2.24, 2.45) is 5.41 Å². The molecule has 3 N–H and O–H groups in total. The minimum atomic E-state index is -0.816. The van der Waals surface area contributed by atoms with Crippen molar-refractivity contribution in [1.82, 2.24) is 10.2 Å². The Balaban J connectivity index is 2.46. The van der Waals surface area contributed by atoms with Crippen LogP contribution in [0.2, 0.25) is 0 Å². The maximum atomic E-state index is 11.9. The van der Waals surface area contributed by atoms with Gasteiger partial charge in [0.05, 0.1) is 11.5 Å². The summed E-state index contributed by atoms with van der Waals surface area (Å²) in [6, 6.07) is -0.281. The lowest BCUT2D eigenvalue weighted by Crippen LogP contribution is -2.47. The van der Waals surface area contributed by atoms with Crippen LogP contribution in [0.25, 0.3) is 0 Å². The van der Waals surface area contributed by atoms with Gasteiger partial charge in [0.1, 0.15) is 0 Å². The molecule has 6 nitrogen and oxygen atoms in total. The minimum Gasteiger partial charge on any atom is -0.481 e. The average molecular weight is 286 g/mol. The van der Waals surface area contributed by atoms with E-state index in [1.165, 1.54) is 4.90 Å². The molecule has 1 aliphatic rings. The molecule has 20 heavy (non-hydrogen) atoms. The molecule has 0 spiro atoms. The van der Waals surface area contributed by atoms with Crippen LogP contribution in [0.3, 0.4) is 0 Å². The molecular formula is C14H26N2O4. The van der Waals surface area contributed by atoms with E-state index in [9.17, 15) is 19.8 Å².